The largest absolute Gasteiger partial charge is 0.506 e. The van der Waals surface area contributed by atoms with Gasteiger partial charge in [-0.15, -0.1) is 0 Å². The first-order valence-corrected chi connectivity index (χ1v) is 10.7. The SMILES string of the molecule is Cc1cccc(C(=O)NC23CC4CC(C2)CC(C(=O)Nc2ccccc2O)(C4)C3)n1. The van der Waals surface area contributed by atoms with Gasteiger partial charge in [0.2, 0.25) is 5.91 Å². The van der Waals surface area contributed by atoms with E-state index < -0.39 is 5.41 Å². The lowest BCUT2D eigenvalue weighted by Gasteiger charge is -2.61. The van der Waals surface area contributed by atoms with E-state index in [1.54, 1.807) is 30.3 Å². The number of phenols is 1. The topological polar surface area (TPSA) is 91.3 Å². The van der Waals surface area contributed by atoms with Gasteiger partial charge in [0, 0.05) is 11.2 Å². The molecule has 0 aliphatic heterocycles. The number of phenolic OH excluding ortho intramolecular Hbond substituents is 1. The molecule has 6 heteroatoms. The highest BCUT2D eigenvalue weighted by molar-refractivity contribution is 5.97. The molecule has 4 fully saturated rings. The van der Waals surface area contributed by atoms with Gasteiger partial charge in [0.25, 0.3) is 5.91 Å². The van der Waals surface area contributed by atoms with E-state index in [-0.39, 0.29) is 23.1 Å². The summed E-state index contributed by atoms with van der Waals surface area (Å²) < 4.78 is 0. The molecule has 3 N–H and O–H groups in total. The fourth-order valence-corrected chi connectivity index (χ4v) is 6.48. The number of anilines is 1. The average Bonchev–Trinajstić information content (AvgIpc) is 2.68. The molecule has 1 aromatic heterocycles. The Morgan fingerprint density at radius 3 is 2.47 bits per heavy atom. The number of carbonyl (C=O) groups is 2. The second kappa shape index (κ2) is 6.83. The van der Waals surface area contributed by atoms with Crippen LogP contribution in [0.4, 0.5) is 5.69 Å². The van der Waals surface area contributed by atoms with Crippen LogP contribution in [0.5, 0.6) is 5.75 Å². The van der Waals surface area contributed by atoms with Crippen LogP contribution in [0, 0.1) is 24.2 Å². The number of rotatable bonds is 4. The molecule has 30 heavy (non-hydrogen) atoms. The monoisotopic (exact) mass is 405 g/mol. The number of hydrogen-bond donors (Lipinski definition) is 3. The minimum atomic E-state index is -0.500. The van der Waals surface area contributed by atoms with Gasteiger partial charge in [-0.25, -0.2) is 4.98 Å². The molecular weight excluding hydrogens is 378 g/mol. The highest BCUT2D eigenvalue weighted by Crippen LogP contribution is 2.62. The van der Waals surface area contributed by atoms with Crippen molar-refractivity contribution >= 4 is 17.5 Å². The van der Waals surface area contributed by atoms with Crippen molar-refractivity contribution in [2.75, 3.05) is 5.32 Å². The summed E-state index contributed by atoms with van der Waals surface area (Å²) in [6, 6.07) is 12.3. The Hall–Kier alpha value is -2.89. The summed E-state index contributed by atoms with van der Waals surface area (Å²) >= 11 is 0. The van der Waals surface area contributed by atoms with Crippen molar-refractivity contribution < 1.29 is 14.7 Å². The van der Waals surface area contributed by atoms with Crippen LogP contribution in [-0.2, 0) is 4.79 Å². The molecule has 0 radical (unpaired) electrons. The van der Waals surface area contributed by atoms with E-state index in [9.17, 15) is 14.7 Å². The van der Waals surface area contributed by atoms with Gasteiger partial charge >= 0.3 is 0 Å². The molecule has 2 atom stereocenters. The Bertz CT molecular complexity index is 1000. The number of aromatic nitrogens is 1. The van der Waals surface area contributed by atoms with E-state index in [0.717, 1.165) is 37.8 Å². The number of nitrogens with zero attached hydrogens (tertiary/aromatic N) is 1. The fourth-order valence-electron chi connectivity index (χ4n) is 6.48. The number of benzene rings is 1. The Balaban J connectivity index is 1.40. The molecule has 4 aliphatic rings. The second-order valence-electron chi connectivity index (χ2n) is 9.61. The highest BCUT2D eigenvalue weighted by atomic mass is 16.3. The maximum Gasteiger partial charge on any atom is 0.270 e. The van der Waals surface area contributed by atoms with Crippen molar-refractivity contribution in [3.63, 3.8) is 0 Å². The first kappa shape index (κ1) is 19.1. The van der Waals surface area contributed by atoms with Crippen molar-refractivity contribution in [3.05, 3.63) is 53.9 Å². The summed E-state index contributed by atoms with van der Waals surface area (Å²) in [5.41, 5.74) is 0.827. The van der Waals surface area contributed by atoms with Crippen LogP contribution in [-0.4, -0.2) is 27.4 Å². The third-order valence-electron chi connectivity index (χ3n) is 7.19. The summed E-state index contributed by atoms with van der Waals surface area (Å²) in [6.07, 6.45) is 5.32. The molecule has 4 aliphatic carbocycles. The zero-order valence-corrected chi connectivity index (χ0v) is 17.1. The Morgan fingerprint density at radius 2 is 1.77 bits per heavy atom. The van der Waals surface area contributed by atoms with E-state index in [4.69, 9.17) is 0 Å². The zero-order valence-electron chi connectivity index (χ0n) is 17.1. The van der Waals surface area contributed by atoms with E-state index in [0.29, 0.717) is 29.6 Å². The van der Waals surface area contributed by atoms with Crippen molar-refractivity contribution in [2.24, 2.45) is 17.3 Å². The molecule has 1 aromatic carbocycles. The minimum absolute atomic E-state index is 0.0367. The van der Waals surface area contributed by atoms with Gasteiger partial charge in [0.05, 0.1) is 11.1 Å². The number of pyridine rings is 1. The molecule has 6 nitrogen and oxygen atoms in total. The molecule has 2 unspecified atom stereocenters. The predicted molar refractivity (Wildman–Crippen MR) is 113 cm³/mol. The molecule has 0 saturated heterocycles. The number of hydrogen-bond acceptors (Lipinski definition) is 4. The van der Waals surface area contributed by atoms with E-state index in [1.165, 1.54) is 0 Å². The zero-order chi connectivity index (χ0) is 20.9. The van der Waals surface area contributed by atoms with Gasteiger partial charge in [0.15, 0.2) is 0 Å². The Morgan fingerprint density at radius 1 is 1.03 bits per heavy atom. The molecule has 6 rings (SSSR count). The van der Waals surface area contributed by atoms with Crippen molar-refractivity contribution in [1.82, 2.24) is 10.3 Å². The van der Waals surface area contributed by atoms with Crippen molar-refractivity contribution in [1.29, 1.82) is 0 Å². The van der Waals surface area contributed by atoms with Crippen LogP contribution in [0.15, 0.2) is 42.5 Å². The molecule has 2 aromatic rings. The van der Waals surface area contributed by atoms with Gasteiger partial charge in [-0.1, -0.05) is 18.2 Å². The molecule has 4 saturated carbocycles. The van der Waals surface area contributed by atoms with Crippen LogP contribution in [0.25, 0.3) is 0 Å². The number of para-hydroxylation sites is 2. The van der Waals surface area contributed by atoms with Crippen LogP contribution in [0.3, 0.4) is 0 Å². The van der Waals surface area contributed by atoms with E-state index in [2.05, 4.69) is 15.6 Å². The lowest BCUT2D eigenvalue weighted by atomic mass is 9.46. The summed E-state index contributed by atoms with van der Waals surface area (Å²) in [5.74, 6) is 0.755. The summed E-state index contributed by atoms with van der Waals surface area (Å²) in [6.45, 7) is 1.87. The average molecular weight is 405 g/mol. The maximum absolute atomic E-state index is 13.4. The van der Waals surface area contributed by atoms with Crippen LogP contribution < -0.4 is 10.6 Å². The highest BCUT2D eigenvalue weighted by Gasteiger charge is 2.61. The lowest BCUT2D eigenvalue weighted by Crippen LogP contribution is -2.65. The molecule has 4 bridgehead atoms. The summed E-state index contributed by atoms with van der Waals surface area (Å²) in [4.78, 5) is 30.8. The minimum Gasteiger partial charge on any atom is -0.506 e. The van der Waals surface area contributed by atoms with Gasteiger partial charge < -0.3 is 15.7 Å². The molecule has 0 spiro atoms. The smallest absolute Gasteiger partial charge is 0.270 e. The molecule has 156 valence electrons. The third kappa shape index (κ3) is 3.24. The van der Waals surface area contributed by atoms with E-state index >= 15 is 0 Å². The number of carbonyl (C=O) groups excluding carboxylic acids is 2. The third-order valence-corrected chi connectivity index (χ3v) is 7.19. The predicted octanol–water partition coefficient (Wildman–Crippen LogP) is 3.80. The lowest BCUT2D eigenvalue weighted by molar-refractivity contribution is -0.144. The Kier molecular flexibility index (Phi) is 4.34. The fraction of sp³-hybridized carbons (Fsp3) is 0.458. The van der Waals surface area contributed by atoms with Crippen LogP contribution in [0.1, 0.15) is 54.7 Å². The number of aromatic hydroxyl groups is 1. The van der Waals surface area contributed by atoms with Crippen LogP contribution in [0.2, 0.25) is 0 Å². The second-order valence-corrected chi connectivity index (χ2v) is 9.61. The quantitative estimate of drug-likeness (QED) is 0.675. The maximum atomic E-state index is 13.4. The summed E-state index contributed by atoms with van der Waals surface area (Å²) in [5, 5.41) is 16.3. The first-order chi connectivity index (χ1) is 14.4. The number of amides is 2. The first-order valence-electron chi connectivity index (χ1n) is 10.7. The van der Waals surface area contributed by atoms with Gasteiger partial charge in [-0.2, -0.15) is 0 Å². The van der Waals surface area contributed by atoms with Crippen LogP contribution >= 0.6 is 0 Å². The number of aryl methyl sites for hydroxylation is 1. The Labute approximate surface area is 176 Å². The van der Waals surface area contributed by atoms with Crippen molar-refractivity contribution in [2.45, 2.75) is 51.0 Å². The van der Waals surface area contributed by atoms with Gasteiger partial charge in [-0.3, -0.25) is 9.59 Å². The normalized spacial score (nSPS) is 31.4. The molecular formula is C24H27N3O3. The van der Waals surface area contributed by atoms with E-state index in [1.807, 2.05) is 19.1 Å². The summed E-state index contributed by atoms with van der Waals surface area (Å²) in [7, 11) is 0. The van der Waals surface area contributed by atoms with Crippen molar-refractivity contribution in [3.8, 4) is 5.75 Å². The molecule has 2 amide bonds. The van der Waals surface area contributed by atoms with Gasteiger partial charge in [0.1, 0.15) is 11.4 Å². The van der Waals surface area contributed by atoms with Gasteiger partial charge in [-0.05, 0) is 81.5 Å². The molecule has 1 heterocycles. The number of nitrogens with one attached hydrogen (secondary N) is 2. The standard InChI is InChI=1S/C24H27N3O3/c1-15-5-4-7-19(25-15)21(29)27-24-12-16-9-17(13-24)11-23(10-16,14-24)22(30)26-18-6-2-3-8-20(18)28/h2-8,16-17,28H,9-14H2,1H3,(H,26,30)(H,27,29).